The minimum atomic E-state index is -0.0955. The fourth-order valence-electron chi connectivity index (χ4n) is 3.16. The largest absolute Gasteiger partial charge is 0.326 e. The van der Waals surface area contributed by atoms with Crippen LogP contribution in [0.1, 0.15) is 38.2 Å². The van der Waals surface area contributed by atoms with Gasteiger partial charge in [0.05, 0.1) is 5.52 Å². The molecular formula is C19H22N2O2. The molecule has 1 aliphatic carbocycles. The number of hydrogen-bond acceptors (Lipinski definition) is 2. The van der Waals surface area contributed by atoms with Crippen LogP contribution in [0.4, 0.5) is 5.69 Å². The molecule has 0 bridgehead atoms. The first kappa shape index (κ1) is 15.5. The molecule has 4 nitrogen and oxygen atoms in total. The summed E-state index contributed by atoms with van der Waals surface area (Å²) in [5, 5.41) is 4.03. The van der Waals surface area contributed by atoms with Crippen LogP contribution in [0, 0.1) is 5.92 Å². The molecule has 1 aliphatic rings. The highest BCUT2D eigenvalue weighted by molar-refractivity contribution is 5.95. The number of anilines is 1. The molecule has 0 saturated carbocycles. The van der Waals surface area contributed by atoms with Gasteiger partial charge in [0.1, 0.15) is 0 Å². The van der Waals surface area contributed by atoms with Crippen LogP contribution >= 0.6 is 0 Å². The fraction of sp³-hybridized carbons (Fsp3) is 0.368. The molecule has 120 valence electrons. The third-order valence-corrected chi connectivity index (χ3v) is 4.36. The number of aromatic amines is 1. The minimum absolute atomic E-state index is 0.0428. The molecule has 1 unspecified atom stereocenters. The van der Waals surface area contributed by atoms with Gasteiger partial charge >= 0.3 is 0 Å². The summed E-state index contributed by atoms with van der Waals surface area (Å²) in [6, 6.07) is 7.41. The standard InChI is InChI=1S/C19H22N2O2/c1-2-6-14-11-18(22)21-17-12-15(9-10-16(14)17)20-19(23)13-7-4-3-5-8-13/h3-4,9-13H,2,5-8H2,1H3,(H,20,23)(H,21,22). The Bertz CT molecular complexity index is 805. The van der Waals surface area contributed by atoms with E-state index in [-0.39, 0.29) is 17.4 Å². The van der Waals surface area contributed by atoms with E-state index in [9.17, 15) is 9.59 Å². The summed E-state index contributed by atoms with van der Waals surface area (Å²) in [7, 11) is 0. The Labute approximate surface area is 135 Å². The summed E-state index contributed by atoms with van der Waals surface area (Å²) in [6.07, 6.45) is 8.73. The van der Waals surface area contributed by atoms with Gasteiger partial charge in [-0.1, -0.05) is 31.6 Å². The Balaban J connectivity index is 1.86. The number of amides is 1. The molecule has 23 heavy (non-hydrogen) atoms. The second-order valence-corrected chi connectivity index (χ2v) is 6.14. The van der Waals surface area contributed by atoms with Crippen LogP contribution in [0.2, 0.25) is 0 Å². The number of H-pyrrole nitrogens is 1. The summed E-state index contributed by atoms with van der Waals surface area (Å²) in [4.78, 5) is 27.0. The monoisotopic (exact) mass is 310 g/mol. The smallest absolute Gasteiger partial charge is 0.248 e. The number of benzene rings is 1. The molecule has 4 heteroatoms. The summed E-state index contributed by atoms with van der Waals surface area (Å²) in [6.45, 7) is 2.10. The quantitative estimate of drug-likeness (QED) is 0.844. The molecule has 2 N–H and O–H groups in total. The average Bonchev–Trinajstić information content (AvgIpc) is 2.55. The lowest BCUT2D eigenvalue weighted by Gasteiger charge is -2.17. The lowest BCUT2D eigenvalue weighted by molar-refractivity contribution is -0.120. The van der Waals surface area contributed by atoms with Crippen molar-refractivity contribution in [3.05, 3.63) is 52.3 Å². The number of fused-ring (bicyclic) bond motifs is 1. The van der Waals surface area contributed by atoms with E-state index in [4.69, 9.17) is 0 Å². The minimum Gasteiger partial charge on any atom is -0.326 e. The van der Waals surface area contributed by atoms with Crippen LogP contribution in [0.5, 0.6) is 0 Å². The van der Waals surface area contributed by atoms with E-state index in [1.165, 1.54) is 0 Å². The Morgan fingerprint density at radius 1 is 1.30 bits per heavy atom. The molecule has 3 rings (SSSR count). The van der Waals surface area contributed by atoms with Crippen LogP contribution in [0.3, 0.4) is 0 Å². The molecule has 1 aromatic carbocycles. The normalized spacial score (nSPS) is 17.3. The van der Waals surface area contributed by atoms with E-state index in [0.29, 0.717) is 0 Å². The maximum absolute atomic E-state index is 12.3. The molecule has 0 spiro atoms. The van der Waals surface area contributed by atoms with Crippen molar-refractivity contribution < 1.29 is 4.79 Å². The van der Waals surface area contributed by atoms with Crippen molar-refractivity contribution in [1.29, 1.82) is 0 Å². The highest BCUT2D eigenvalue weighted by atomic mass is 16.2. The molecule has 0 fully saturated rings. The zero-order chi connectivity index (χ0) is 16.2. The maximum Gasteiger partial charge on any atom is 0.248 e. The predicted octanol–water partition coefficient (Wildman–Crippen LogP) is 3.78. The van der Waals surface area contributed by atoms with Crippen LogP contribution in [0.25, 0.3) is 10.9 Å². The number of nitrogens with one attached hydrogen (secondary N) is 2. The molecule has 1 heterocycles. The van der Waals surface area contributed by atoms with Gasteiger partial charge in [-0.3, -0.25) is 9.59 Å². The summed E-state index contributed by atoms with van der Waals surface area (Å²) in [5.41, 5.74) is 2.48. The molecule has 1 amide bonds. The Morgan fingerprint density at radius 3 is 2.91 bits per heavy atom. The topological polar surface area (TPSA) is 62.0 Å². The highest BCUT2D eigenvalue weighted by Crippen LogP contribution is 2.23. The van der Waals surface area contributed by atoms with Gasteiger partial charge in [-0.05, 0) is 43.4 Å². The van der Waals surface area contributed by atoms with Crippen molar-refractivity contribution in [2.45, 2.75) is 39.0 Å². The molecule has 0 aliphatic heterocycles. The first-order valence-corrected chi connectivity index (χ1v) is 8.29. The lowest BCUT2D eigenvalue weighted by atomic mass is 9.93. The van der Waals surface area contributed by atoms with Crippen molar-refractivity contribution >= 4 is 22.5 Å². The van der Waals surface area contributed by atoms with E-state index in [2.05, 4.69) is 29.4 Å². The summed E-state index contributed by atoms with van der Waals surface area (Å²) in [5.74, 6) is 0.0990. The van der Waals surface area contributed by atoms with E-state index >= 15 is 0 Å². The van der Waals surface area contributed by atoms with Crippen molar-refractivity contribution in [3.63, 3.8) is 0 Å². The van der Waals surface area contributed by atoms with Crippen molar-refractivity contribution in [1.82, 2.24) is 4.98 Å². The molecular weight excluding hydrogens is 288 g/mol. The molecule has 1 aromatic heterocycles. The van der Waals surface area contributed by atoms with Gasteiger partial charge < -0.3 is 10.3 Å². The number of rotatable bonds is 4. The first-order valence-electron chi connectivity index (χ1n) is 8.29. The van der Waals surface area contributed by atoms with Crippen molar-refractivity contribution in [2.24, 2.45) is 5.92 Å². The summed E-state index contributed by atoms with van der Waals surface area (Å²) < 4.78 is 0. The molecule has 0 radical (unpaired) electrons. The van der Waals surface area contributed by atoms with Crippen LogP contribution in [-0.2, 0) is 11.2 Å². The van der Waals surface area contributed by atoms with Crippen molar-refractivity contribution in [2.75, 3.05) is 5.32 Å². The van der Waals surface area contributed by atoms with E-state index in [1.54, 1.807) is 6.07 Å². The summed E-state index contributed by atoms with van der Waals surface area (Å²) >= 11 is 0. The van der Waals surface area contributed by atoms with Gasteiger partial charge in [0.15, 0.2) is 0 Å². The highest BCUT2D eigenvalue weighted by Gasteiger charge is 2.18. The van der Waals surface area contributed by atoms with Gasteiger partial charge in [-0.15, -0.1) is 0 Å². The number of carbonyl (C=O) groups is 1. The number of pyridine rings is 1. The maximum atomic E-state index is 12.3. The number of aromatic nitrogens is 1. The third-order valence-electron chi connectivity index (χ3n) is 4.36. The molecule has 1 atom stereocenters. The number of allylic oxidation sites excluding steroid dienone is 2. The molecule has 0 saturated heterocycles. The number of aryl methyl sites for hydroxylation is 1. The van der Waals surface area contributed by atoms with Crippen LogP contribution in [0.15, 0.2) is 41.2 Å². The Kier molecular flexibility index (Phi) is 4.60. The number of hydrogen-bond donors (Lipinski definition) is 2. The average molecular weight is 310 g/mol. The van der Waals surface area contributed by atoms with Gasteiger partial charge in [-0.25, -0.2) is 0 Å². The number of carbonyl (C=O) groups excluding carboxylic acids is 1. The second kappa shape index (κ2) is 6.82. The van der Waals surface area contributed by atoms with Gasteiger partial charge in [0, 0.05) is 23.1 Å². The van der Waals surface area contributed by atoms with Gasteiger partial charge in [-0.2, -0.15) is 0 Å². The third kappa shape index (κ3) is 3.52. The Morgan fingerprint density at radius 2 is 2.17 bits per heavy atom. The second-order valence-electron chi connectivity index (χ2n) is 6.14. The zero-order valence-corrected chi connectivity index (χ0v) is 13.4. The van der Waals surface area contributed by atoms with Crippen LogP contribution < -0.4 is 10.9 Å². The molecule has 2 aromatic rings. The zero-order valence-electron chi connectivity index (χ0n) is 13.4. The van der Waals surface area contributed by atoms with Gasteiger partial charge in [0.25, 0.3) is 0 Å². The van der Waals surface area contributed by atoms with E-state index in [0.717, 1.165) is 54.3 Å². The Hall–Kier alpha value is -2.36. The fourth-order valence-corrected chi connectivity index (χ4v) is 3.16. The van der Waals surface area contributed by atoms with E-state index in [1.807, 2.05) is 18.2 Å². The van der Waals surface area contributed by atoms with Crippen molar-refractivity contribution in [3.8, 4) is 0 Å². The lowest BCUT2D eigenvalue weighted by Crippen LogP contribution is -2.23. The first-order chi connectivity index (χ1) is 11.2. The SMILES string of the molecule is CCCc1cc(=O)[nH]c2cc(NC(=O)C3CC=CCC3)ccc12. The van der Waals surface area contributed by atoms with Crippen LogP contribution in [-0.4, -0.2) is 10.9 Å². The van der Waals surface area contributed by atoms with Gasteiger partial charge in [0.2, 0.25) is 11.5 Å². The van der Waals surface area contributed by atoms with E-state index < -0.39 is 0 Å². The predicted molar refractivity (Wildman–Crippen MR) is 93.7 cm³/mol.